The molecule has 5 heteroatoms. The van der Waals surface area contributed by atoms with Crippen LogP contribution in [0.4, 0.5) is 0 Å². The second kappa shape index (κ2) is 7.31. The van der Waals surface area contributed by atoms with Crippen LogP contribution in [-0.4, -0.2) is 24.6 Å². The maximum absolute atomic E-state index is 11.9. The van der Waals surface area contributed by atoms with Crippen LogP contribution in [0.2, 0.25) is 0 Å². The number of rotatable bonds is 5. The fourth-order valence-corrected chi connectivity index (χ4v) is 1.58. The summed E-state index contributed by atoms with van der Waals surface area (Å²) in [7, 11) is 0. The Balaban J connectivity index is 2.63. The number of halogens is 1. The van der Waals surface area contributed by atoms with Gasteiger partial charge in [-0.1, -0.05) is 11.6 Å². The molecule has 0 aliphatic heterocycles. The summed E-state index contributed by atoms with van der Waals surface area (Å²) in [6.45, 7) is 6.52. The van der Waals surface area contributed by atoms with Gasteiger partial charge in [-0.05, 0) is 50.6 Å². The molecule has 0 aromatic heterocycles. The first-order valence-electron chi connectivity index (χ1n) is 6.39. The Bertz CT molecular complexity index is 476. The van der Waals surface area contributed by atoms with E-state index < -0.39 is 0 Å². The summed E-state index contributed by atoms with van der Waals surface area (Å²) >= 11 is 5.59. The molecule has 0 spiro atoms. The number of hydrogen-bond acceptors (Lipinski definition) is 3. The van der Waals surface area contributed by atoms with Crippen LogP contribution in [0.15, 0.2) is 35.4 Å². The van der Waals surface area contributed by atoms with E-state index in [4.69, 9.17) is 22.1 Å². The van der Waals surface area contributed by atoms with E-state index in [9.17, 15) is 4.79 Å². The van der Waals surface area contributed by atoms with E-state index in [1.54, 1.807) is 24.3 Å². The summed E-state index contributed by atoms with van der Waals surface area (Å²) in [5.74, 6) is 0.564. The first kappa shape index (κ1) is 16.5. The quantitative estimate of drug-likeness (QED) is 0.878. The van der Waals surface area contributed by atoms with Gasteiger partial charge in [-0.2, -0.15) is 0 Å². The lowest BCUT2D eigenvalue weighted by molar-refractivity contribution is 0.0919. The molecule has 0 fully saturated rings. The van der Waals surface area contributed by atoms with Gasteiger partial charge in [-0.3, -0.25) is 4.79 Å². The molecule has 3 N–H and O–H groups in total. The number of nitrogens with one attached hydrogen (secondary N) is 1. The zero-order chi connectivity index (χ0) is 15.2. The van der Waals surface area contributed by atoms with Gasteiger partial charge in [-0.15, -0.1) is 0 Å². The molecule has 1 aromatic carbocycles. The number of nitrogens with two attached hydrogens (primary N) is 1. The molecular weight excluding hydrogens is 276 g/mol. The van der Waals surface area contributed by atoms with Crippen molar-refractivity contribution in [1.29, 1.82) is 0 Å². The van der Waals surface area contributed by atoms with E-state index in [1.165, 1.54) is 5.54 Å². The molecule has 0 saturated carbocycles. The lowest BCUT2D eigenvalue weighted by atomic mass is 10.1. The Hall–Kier alpha value is -1.52. The Kier molecular flexibility index (Phi) is 6.05. The highest BCUT2D eigenvalue weighted by Gasteiger charge is 2.15. The first-order chi connectivity index (χ1) is 9.35. The molecule has 110 valence electrons. The molecular formula is C15H21ClN2O2. The summed E-state index contributed by atoms with van der Waals surface area (Å²) in [6.07, 6.45) is 0. The third kappa shape index (κ3) is 5.63. The van der Waals surface area contributed by atoms with Crippen LogP contribution in [0.1, 0.15) is 31.1 Å². The summed E-state index contributed by atoms with van der Waals surface area (Å²) in [6, 6.07) is 6.95. The minimum Gasteiger partial charge on any atom is -0.489 e. The number of amides is 1. The van der Waals surface area contributed by atoms with Crippen LogP contribution in [-0.2, 0) is 0 Å². The van der Waals surface area contributed by atoms with Crippen molar-refractivity contribution in [2.75, 3.05) is 13.2 Å². The Morgan fingerprint density at radius 3 is 2.40 bits per heavy atom. The molecule has 0 aliphatic carbocycles. The monoisotopic (exact) mass is 296 g/mol. The molecule has 4 nitrogen and oxygen atoms in total. The molecule has 0 saturated heterocycles. The predicted octanol–water partition coefficient (Wildman–Crippen LogP) is 2.68. The van der Waals surface area contributed by atoms with Crippen LogP contribution >= 0.6 is 11.6 Å². The second-order valence-corrected chi connectivity index (χ2v) is 5.71. The number of benzene rings is 1. The van der Waals surface area contributed by atoms with Crippen LogP contribution < -0.4 is 15.8 Å². The number of carbonyl (C=O) groups is 1. The van der Waals surface area contributed by atoms with Gasteiger partial charge in [0.15, 0.2) is 0 Å². The van der Waals surface area contributed by atoms with Crippen molar-refractivity contribution >= 4 is 17.5 Å². The van der Waals surface area contributed by atoms with Crippen LogP contribution in [0.3, 0.4) is 0 Å². The second-order valence-electron chi connectivity index (χ2n) is 5.49. The smallest absolute Gasteiger partial charge is 0.251 e. The minimum atomic E-state index is -0.257. The van der Waals surface area contributed by atoms with E-state index in [0.29, 0.717) is 24.5 Å². The summed E-state index contributed by atoms with van der Waals surface area (Å²) in [5.41, 5.74) is 8.05. The fourth-order valence-electron chi connectivity index (χ4n) is 1.43. The average Bonchev–Trinajstić information content (AvgIpc) is 2.38. The molecule has 0 radical (unpaired) electrons. The number of hydrogen-bond donors (Lipinski definition) is 2. The molecule has 0 unspecified atom stereocenters. The summed E-state index contributed by atoms with van der Waals surface area (Å²) in [4.78, 5) is 11.9. The van der Waals surface area contributed by atoms with Gasteiger partial charge in [-0.25, -0.2) is 0 Å². The van der Waals surface area contributed by atoms with Gasteiger partial charge in [0.1, 0.15) is 12.4 Å². The molecule has 20 heavy (non-hydrogen) atoms. The molecule has 0 aliphatic rings. The topological polar surface area (TPSA) is 64.3 Å². The lowest BCUT2D eigenvalue weighted by Gasteiger charge is -2.20. The molecule has 0 heterocycles. The predicted molar refractivity (Wildman–Crippen MR) is 82.1 cm³/mol. The zero-order valence-electron chi connectivity index (χ0n) is 12.1. The van der Waals surface area contributed by atoms with E-state index in [-0.39, 0.29) is 11.4 Å². The standard InChI is InChI=1S/C15H21ClN2O2/c1-15(2,3)18-14(19)12-4-6-13(7-5-12)20-10-11(8-16)9-17/h4-8H,9-10,17H2,1-3H3,(H,18,19)/b11-8+. The highest BCUT2D eigenvalue weighted by Crippen LogP contribution is 2.14. The maximum Gasteiger partial charge on any atom is 0.251 e. The molecule has 1 amide bonds. The van der Waals surface area contributed by atoms with Crippen molar-refractivity contribution in [3.63, 3.8) is 0 Å². The van der Waals surface area contributed by atoms with Crippen molar-refractivity contribution in [2.24, 2.45) is 5.73 Å². The van der Waals surface area contributed by atoms with Gasteiger partial charge in [0.2, 0.25) is 0 Å². The normalized spacial score (nSPS) is 12.2. The van der Waals surface area contributed by atoms with E-state index in [1.807, 2.05) is 20.8 Å². The van der Waals surface area contributed by atoms with Crippen molar-refractivity contribution in [2.45, 2.75) is 26.3 Å². The van der Waals surface area contributed by atoms with Crippen LogP contribution in [0, 0.1) is 0 Å². The van der Waals surface area contributed by atoms with Crippen LogP contribution in [0.5, 0.6) is 5.75 Å². The van der Waals surface area contributed by atoms with Crippen molar-refractivity contribution in [3.8, 4) is 5.75 Å². The number of ether oxygens (including phenoxy) is 1. The Labute approximate surface area is 124 Å². The van der Waals surface area contributed by atoms with Gasteiger partial charge in [0, 0.05) is 23.2 Å². The SMILES string of the molecule is CC(C)(C)NC(=O)c1ccc(OC/C(=C/Cl)CN)cc1. The van der Waals surface area contributed by atoms with Gasteiger partial charge < -0.3 is 15.8 Å². The average molecular weight is 297 g/mol. The molecule has 0 atom stereocenters. The first-order valence-corrected chi connectivity index (χ1v) is 6.83. The van der Waals surface area contributed by atoms with Crippen molar-refractivity contribution < 1.29 is 9.53 Å². The van der Waals surface area contributed by atoms with Crippen molar-refractivity contribution in [1.82, 2.24) is 5.32 Å². The fraction of sp³-hybridized carbons (Fsp3) is 0.400. The molecule has 1 rings (SSSR count). The maximum atomic E-state index is 11.9. The Morgan fingerprint density at radius 2 is 1.95 bits per heavy atom. The Morgan fingerprint density at radius 1 is 1.35 bits per heavy atom. The summed E-state index contributed by atoms with van der Waals surface area (Å²) < 4.78 is 5.52. The van der Waals surface area contributed by atoms with Gasteiger partial charge in [0.25, 0.3) is 5.91 Å². The minimum absolute atomic E-state index is 0.104. The zero-order valence-corrected chi connectivity index (χ0v) is 12.8. The van der Waals surface area contributed by atoms with Gasteiger partial charge >= 0.3 is 0 Å². The largest absolute Gasteiger partial charge is 0.489 e. The highest BCUT2D eigenvalue weighted by atomic mass is 35.5. The lowest BCUT2D eigenvalue weighted by Crippen LogP contribution is -2.40. The van der Waals surface area contributed by atoms with E-state index in [0.717, 1.165) is 5.57 Å². The highest BCUT2D eigenvalue weighted by molar-refractivity contribution is 6.25. The number of carbonyl (C=O) groups excluding carboxylic acids is 1. The van der Waals surface area contributed by atoms with E-state index in [2.05, 4.69) is 5.32 Å². The third-order valence-corrected chi connectivity index (χ3v) is 2.75. The van der Waals surface area contributed by atoms with Crippen molar-refractivity contribution in [3.05, 3.63) is 40.9 Å². The van der Waals surface area contributed by atoms with Gasteiger partial charge in [0.05, 0.1) is 0 Å². The van der Waals surface area contributed by atoms with Crippen LogP contribution in [0.25, 0.3) is 0 Å². The van der Waals surface area contributed by atoms with E-state index >= 15 is 0 Å². The molecule has 0 bridgehead atoms. The third-order valence-electron chi connectivity index (χ3n) is 2.45. The summed E-state index contributed by atoms with van der Waals surface area (Å²) in [5, 5.41) is 2.90. The molecule has 1 aromatic rings.